The Labute approximate surface area is 223 Å². The molecule has 1 aliphatic rings. The summed E-state index contributed by atoms with van der Waals surface area (Å²) in [6.07, 6.45) is -1.28. The molecule has 0 fully saturated rings. The van der Waals surface area contributed by atoms with Crippen molar-refractivity contribution in [2.45, 2.75) is 18.5 Å². The van der Waals surface area contributed by atoms with Crippen molar-refractivity contribution in [3.63, 3.8) is 0 Å². The van der Waals surface area contributed by atoms with E-state index in [1.807, 2.05) is 48.5 Å². The smallest absolute Gasteiger partial charge is 0.272 e. The number of fused-ring (bicyclic) bond motifs is 1. The molecule has 1 heterocycles. The van der Waals surface area contributed by atoms with Gasteiger partial charge in [-0.3, -0.25) is 9.59 Å². The summed E-state index contributed by atoms with van der Waals surface area (Å²) in [6, 6.07) is 25.4. The van der Waals surface area contributed by atoms with Gasteiger partial charge < -0.3 is 10.2 Å². The molecule has 0 radical (unpaired) electrons. The second-order valence-corrected chi connectivity index (χ2v) is 9.23. The van der Waals surface area contributed by atoms with Gasteiger partial charge in [0.05, 0.1) is 17.3 Å². The minimum Gasteiger partial charge on any atom is -0.326 e. The van der Waals surface area contributed by atoms with Gasteiger partial charge in [-0.2, -0.15) is 0 Å². The number of carbonyl (C=O) groups excluding carboxylic acids is 2. The molecule has 0 saturated heterocycles. The summed E-state index contributed by atoms with van der Waals surface area (Å²) in [6.45, 7) is 0. The number of benzene rings is 4. The molecule has 0 aromatic heterocycles. The number of aliphatic imine (C=N–C) groups is 1. The lowest BCUT2D eigenvalue weighted by molar-refractivity contribution is -0.128. The molecular formula is C31H24F3N3O2. The van der Waals surface area contributed by atoms with Crippen LogP contribution in [0.15, 0.2) is 102 Å². The molecule has 5 nitrogen and oxygen atoms in total. The third-order valence-corrected chi connectivity index (χ3v) is 6.68. The zero-order valence-electron chi connectivity index (χ0n) is 20.9. The van der Waals surface area contributed by atoms with E-state index < -0.39 is 41.3 Å². The van der Waals surface area contributed by atoms with Crippen LogP contribution in [0.25, 0.3) is 0 Å². The monoisotopic (exact) mass is 527 g/mol. The second-order valence-electron chi connectivity index (χ2n) is 9.23. The fourth-order valence-corrected chi connectivity index (χ4v) is 4.64. The Hall–Kier alpha value is -4.72. The molecule has 1 aliphatic heterocycles. The van der Waals surface area contributed by atoms with Crippen LogP contribution < -0.4 is 10.2 Å². The number of hydrogen-bond acceptors (Lipinski definition) is 3. The minimum absolute atomic E-state index is 0.0130. The van der Waals surface area contributed by atoms with E-state index in [-0.39, 0.29) is 6.42 Å². The van der Waals surface area contributed by atoms with E-state index in [0.717, 1.165) is 23.3 Å². The first kappa shape index (κ1) is 25.9. The normalized spacial score (nSPS) is 15.7. The highest BCUT2D eigenvalue weighted by Crippen LogP contribution is 2.28. The Balaban J connectivity index is 1.53. The SMILES string of the molecule is CN1C(=O)[C@@H](NC(=O)[C@@H](Cc2ccc(F)c(F)c2)c2ccc(F)cc2)N=C(c2ccccc2)c2ccccc21. The highest BCUT2D eigenvalue weighted by molar-refractivity contribution is 6.20. The lowest BCUT2D eigenvalue weighted by Gasteiger charge is -2.23. The van der Waals surface area contributed by atoms with E-state index in [9.17, 15) is 22.8 Å². The van der Waals surface area contributed by atoms with E-state index in [1.54, 1.807) is 13.1 Å². The summed E-state index contributed by atoms with van der Waals surface area (Å²) >= 11 is 0. The number of nitrogens with zero attached hydrogens (tertiary/aromatic N) is 2. The first-order valence-electron chi connectivity index (χ1n) is 12.3. The van der Waals surface area contributed by atoms with Crippen molar-refractivity contribution in [3.8, 4) is 0 Å². The topological polar surface area (TPSA) is 61.8 Å². The Morgan fingerprint density at radius 3 is 2.31 bits per heavy atom. The molecule has 1 N–H and O–H groups in total. The Bertz CT molecular complexity index is 1560. The van der Waals surface area contributed by atoms with Crippen molar-refractivity contribution in [2.75, 3.05) is 11.9 Å². The molecule has 0 bridgehead atoms. The van der Waals surface area contributed by atoms with Crippen LogP contribution in [0.4, 0.5) is 18.9 Å². The lowest BCUT2D eigenvalue weighted by Crippen LogP contribution is -2.47. The maximum atomic E-state index is 13.9. The molecule has 4 aromatic rings. The highest BCUT2D eigenvalue weighted by Gasteiger charge is 2.33. The van der Waals surface area contributed by atoms with E-state index >= 15 is 0 Å². The summed E-state index contributed by atoms with van der Waals surface area (Å²) in [5.41, 5.74) is 3.48. The molecule has 0 aliphatic carbocycles. The molecule has 196 valence electrons. The zero-order valence-corrected chi connectivity index (χ0v) is 20.9. The van der Waals surface area contributed by atoms with Crippen molar-refractivity contribution >= 4 is 23.2 Å². The number of amides is 2. The van der Waals surface area contributed by atoms with Crippen LogP contribution in [0.2, 0.25) is 0 Å². The number of para-hydroxylation sites is 1. The quantitative estimate of drug-likeness (QED) is 0.366. The number of rotatable bonds is 6. The number of likely N-dealkylation sites (N-methyl/N-ethyl adjacent to an activating group) is 1. The number of carbonyl (C=O) groups is 2. The summed E-state index contributed by atoms with van der Waals surface area (Å²) in [4.78, 5) is 33.4. The van der Waals surface area contributed by atoms with Gasteiger partial charge in [-0.05, 0) is 47.9 Å². The first-order valence-corrected chi connectivity index (χ1v) is 12.3. The minimum atomic E-state index is -1.27. The second kappa shape index (κ2) is 10.9. The molecule has 0 unspecified atom stereocenters. The molecule has 2 amide bonds. The van der Waals surface area contributed by atoms with Gasteiger partial charge in [0.2, 0.25) is 12.1 Å². The number of nitrogens with one attached hydrogen (secondary N) is 1. The van der Waals surface area contributed by atoms with Gasteiger partial charge in [0.15, 0.2) is 11.6 Å². The molecule has 0 saturated carbocycles. The van der Waals surface area contributed by atoms with Gasteiger partial charge in [0, 0.05) is 18.2 Å². The third kappa shape index (κ3) is 5.45. The van der Waals surface area contributed by atoms with Crippen LogP contribution in [-0.4, -0.2) is 30.7 Å². The van der Waals surface area contributed by atoms with Gasteiger partial charge in [0.1, 0.15) is 5.82 Å². The van der Waals surface area contributed by atoms with E-state index in [2.05, 4.69) is 5.32 Å². The van der Waals surface area contributed by atoms with E-state index in [4.69, 9.17) is 4.99 Å². The van der Waals surface area contributed by atoms with Crippen LogP contribution >= 0.6 is 0 Å². The van der Waals surface area contributed by atoms with Crippen molar-refractivity contribution in [3.05, 3.63) is 137 Å². The standard InChI is InChI=1S/C31H24F3N3O2/c1-37-27-10-6-5-9-23(27)28(21-7-3-2-4-8-21)35-29(31(37)39)36-30(38)24(20-12-14-22(32)15-13-20)17-19-11-16-25(33)26(34)18-19/h2-16,18,24,29H,17H2,1H3,(H,36,38)/t24-,29+/m0/s1. The lowest BCUT2D eigenvalue weighted by atomic mass is 9.91. The fourth-order valence-electron chi connectivity index (χ4n) is 4.64. The molecule has 5 rings (SSSR count). The van der Waals surface area contributed by atoms with Crippen LogP contribution in [0.5, 0.6) is 0 Å². The Kier molecular flexibility index (Phi) is 7.27. The van der Waals surface area contributed by atoms with Crippen molar-refractivity contribution in [1.29, 1.82) is 0 Å². The van der Waals surface area contributed by atoms with Crippen LogP contribution in [0, 0.1) is 17.5 Å². The maximum absolute atomic E-state index is 13.9. The first-order chi connectivity index (χ1) is 18.8. The summed E-state index contributed by atoms with van der Waals surface area (Å²) in [7, 11) is 1.61. The van der Waals surface area contributed by atoms with Gasteiger partial charge >= 0.3 is 0 Å². The average molecular weight is 528 g/mol. The van der Waals surface area contributed by atoms with Crippen molar-refractivity contribution in [1.82, 2.24) is 5.32 Å². The number of hydrogen-bond donors (Lipinski definition) is 1. The highest BCUT2D eigenvalue weighted by atomic mass is 19.2. The zero-order chi connectivity index (χ0) is 27.5. The van der Waals surface area contributed by atoms with Crippen LogP contribution in [0.3, 0.4) is 0 Å². The van der Waals surface area contributed by atoms with Gasteiger partial charge in [-0.15, -0.1) is 0 Å². The van der Waals surface area contributed by atoms with E-state index in [1.165, 1.54) is 35.2 Å². The number of benzodiazepines with no additional fused rings is 1. The predicted molar refractivity (Wildman–Crippen MR) is 143 cm³/mol. The summed E-state index contributed by atoms with van der Waals surface area (Å²) in [5, 5.41) is 2.75. The van der Waals surface area contributed by atoms with Gasteiger partial charge in [-0.25, -0.2) is 18.2 Å². The summed E-state index contributed by atoms with van der Waals surface area (Å²) < 4.78 is 41.1. The molecule has 0 spiro atoms. The Morgan fingerprint density at radius 1 is 0.897 bits per heavy atom. The maximum Gasteiger partial charge on any atom is 0.272 e. The molecule has 4 aromatic carbocycles. The predicted octanol–water partition coefficient (Wildman–Crippen LogP) is 5.39. The van der Waals surface area contributed by atoms with Crippen LogP contribution in [-0.2, 0) is 16.0 Å². The summed E-state index contributed by atoms with van der Waals surface area (Å²) in [5.74, 6) is -4.49. The van der Waals surface area contributed by atoms with Crippen LogP contribution in [0.1, 0.15) is 28.2 Å². The third-order valence-electron chi connectivity index (χ3n) is 6.68. The Morgan fingerprint density at radius 2 is 1.59 bits per heavy atom. The van der Waals surface area contributed by atoms with Gasteiger partial charge in [0.25, 0.3) is 5.91 Å². The van der Waals surface area contributed by atoms with E-state index in [0.29, 0.717) is 22.5 Å². The van der Waals surface area contributed by atoms with Crippen molar-refractivity contribution in [2.24, 2.45) is 4.99 Å². The fraction of sp³-hybridized carbons (Fsp3) is 0.129. The number of halogens is 3. The number of anilines is 1. The average Bonchev–Trinajstić information content (AvgIpc) is 3.05. The largest absolute Gasteiger partial charge is 0.326 e. The van der Waals surface area contributed by atoms with Crippen molar-refractivity contribution < 1.29 is 22.8 Å². The van der Waals surface area contributed by atoms with Gasteiger partial charge in [-0.1, -0.05) is 66.7 Å². The molecule has 8 heteroatoms. The molecule has 2 atom stereocenters. The molecule has 39 heavy (non-hydrogen) atoms. The molecular weight excluding hydrogens is 503 g/mol.